The minimum atomic E-state index is 0.381. The van der Waals surface area contributed by atoms with Crippen LogP contribution in [0, 0.1) is 13.8 Å². The first-order valence-corrected chi connectivity index (χ1v) is 8.06. The minimum Gasteiger partial charge on any atom is -0.420 e. The van der Waals surface area contributed by atoms with Gasteiger partial charge in [0.1, 0.15) is 0 Å². The molecule has 0 aliphatic heterocycles. The highest BCUT2D eigenvalue weighted by atomic mass is 16.4. The average molecular weight is 331 g/mol. The lowest BCUT2D eigenvalue weighted by molar-refractivity contribution is 0.531. The first-order valence-electron chi connectivity index (χ1n) is 8.06. The van der Waals surface area contributed by atoms with Crippen LogP contribution in [0.2, 0.25) is 0 Å². The highest BCUT2D eigenvalue weighted by molar-refractivity contribution is 5.98. The number of anilines is 1. The number of rotatable bonds is 4. The Morgan fingerprint density at radius 3 is 2.48 bits per heavy atom. The van der Waals surface area contributed by atoms with Crippen molar-refractivity contribution in [1.82, 2.24) is 20.4 Å². The Labute approximate surface area is 144 Å². The van der Waals surface area contributed by atoms with Gasteiger partial charge in [-0.25, -0.2) is 0 Å². The second kappa shape index (κ2) is 6.32. The highest BCUT2D eigenvalue weighted by Crippen LogP contribution is 2.29. The van der Waals surface area contributed by atoms with E-state index in [0.717, 1.165) is 16.6 Å². The summed E-state index contributed by atoms with van der Waals surface area (Å²) in [6, 6.07) is 16.3. The van der Waals surface area contributed by atoms with Gasteiger partial charge in [-0.05, 0) is 12.5 Å². The largest absolute Gasteiger partial charge is 0.420 e. The summed E-state index contributed by atoms with van der Waals surface area (Å²) < 4.78 is 5.51. The fraction of sp³-hybridized carbons (Fsp3) is 0.158. The molecule has 0 spiro atoms. The smallest absolute Gasteiger partial charge is 0.268 e. The quantitative estimate of drug-likeness (QED) is 0.611. The third-order valence-corrected chi connectivity index (χ3v) is 3.96. The van der Waals surface area contributed by atoms with E-state index >= 15 is 0 Å². The molecule has 0 saturated heterocycles. The fourth-order valence-corrected chi connectivity index (χ4v) is 2.79. The van der Waals surface area contributed by atoms with Crippen molar-refractivity contribution in [3.63, 3.8) is 0 Å². The van der Waals surface area contributed by atoms with Crippen LogP contribution in [0.25, 0.3) is 22.4 Å². The third kappa shape index (κ3) is 3.06. The summed E-state index contributed by atoms with van der Waals surface area (Å²) in [4.78, 5) is 0. The fourth-order valence-electron chi connectivity index (χ4n) is 2.79. The monoisotopic (exact) mass is 331 g/mol. The van der Waals surface area contributed by atoms with Gasteiger partial charge in [0.05, 0.1) is 0 Å². The van der Waals surface area contributed by atoms with Gasteiger partial charge in [-0.3, -0.25) is 0 Å². The van der Waals surface area contributed by atoms with Gasteiger partial charge >= 0.3 is 0 Å². The van der Waals surface area contributed by atoms with Gasteiger partial charge in [0, 0.05) is 24.2 Å². The van der Waals surface area contributed by atoms with E-state index in [9.17, 15) is 0 Å². The standard InChI is InChI=1S/C19H17N5O/c1-12-6-5-7-14(10-12)11-20-18-16-9-4-3-8-15(16)17(22-23-18)19-24-21-13(2)25-19/h3-10H,11H2,1-2H3,(H,20,23). The molecule has 0 amide bonds. The van der Waals surface area contributed by atoms with E-state index in [-0.39, 0.29) is 0 Å². The van der Waals surface area contributed by atoms with Crippen LogP contribution >= 0.6 is 0 Å². The predicted octanol–water partition coefficient (Wildman–Crippen LogP) is 3.91. The Morgan fingerprint density at radius 2 is 1.72 bits per heavy atom. The Bertz CT molecular complexity index is 1040. The molecule has 0 atom stereocenters. The molecule has 25 heavy (non-hydrogen) atoms. The van der Waals surface area contributed by atoms with E-state index in [1.807, 2.05) is 24.3 Å². The maximum atomic E-state index is 5.51. The van der Waals surface area contributed by atoms with Crippen LogP contribution in [-0.2, 0) is 6.54 Å². The van der Waals surface area contributed by atoms with Crippen molar-refractivity contribution in [2.45, 2.75) is 20.4 Å². The lowest BCUT2D eigenvalue weighted by Gasteiger charge is -2.10. The molecule has 6 heteroatoms. The van der Waals surface area contributed by atoms with Gasteiger partial charge in [0.2, 0.25) is 5.89 Å². The molecule has 0 aliphatic rings. The maximum Gasteiger partial charge on any atom is 0.268 e. The molecule has 2 heterocycles. The molecule has 6 nitrogen and oxygen atoms in total. The summed E-state index contributed by atoms with van der Waals surface area (Å²) in [5.41, 5.74) is 3.03. The van der Waals surface area contributed by atoms with Gasteiger partial charge in [-0.15, -0.1) is 20.4 Å². The zero-order valence-electron chi connectivity index (χ0n) is 14.0. The second-order valence-corrected chi connectivity index (χ2v) is 5.91. The van der Waals surface area contributed by atoms with Crippen LogP contribution in [0.1, 0.15) is 17.0 Å². The van der Waals surface area contributed by atoms with Crippen LogP contribution in [0.5, 0.6) is 0 Å². The number of aryl methyl sites for hydroxylation is 2. The molecule has 2 aromatic heterocycles. The van der Waals surface area contributed by atoms with Crippen molar-refractivity contribution >= 4 is 16.6 Å². The van der Waals surface area contributed by atoms with Crippen molar-refractivity contribution in [3.05, 3.63) is 65.5 Å². The predicted molar refractivity (Wildman–Crippen MR) is 96.1 cm³/mol. The van der Waals surface area contributed by atoms with Gasteiger partial charge < -0.3 is 9.73 Å². The molecule has 2 aromatic carbocycles. The Kier molecular flexibility index (Phi) is 3.85. The number of benzene rings is 2. The van der Waals surface area contributed by atoms with Crippen molar-refractivity contribution in [2.24, 2.45) is 0 Å². The Balaban J connectivity index is 1.71. The van der Waals surface area contributed by atoms with E-state index < -0.39 is 0 Å². The first kappa shape index (κ1) is 15.3. The van der Waals surface area contributed by atoms with Crippen molar-refractivity contribution < 1.29 is 4.42 Å². The molecular weight excluding hydrogens is 314 g/mol. The lowest BCUT2D eigenvalue weighted by atomic mass is 10.1. The number of hydrogen-bond acceptors (Lipinski definition) is 6. The molecule has 4 rings (SSSR count). The summed E-state index contributed by atoms with van der Waals surface area (Å²) in [5.74, 6) is 1.62. The van der Waals surface area contributed by atoms with Crippen molar-refractivity contribution in [1.29, 1.82) is 0 Å². The molecule has 0 unspecified atom stereocenters. The SMILES string of the molecule is Cc1cccc(CNc2nnc(-c3nnc(C)o3)c3ccccc23)c1. The molecule has 0 fully saturated rings. The summed E-state index contributed by atoms with van der Waals surface area (Å²) in [6.07, 6.45) is 0. The van der Waals surface area contributed by atoms with Crippen LogP contribution < -0.4 is 5.32 Å². The van der Waals surface area contributed by atoms with E-state index in [2.05, 4.69) is 56.9 Å². The molecular formula is C19H17N5O. The summed E-state index contributed by atoms with van der Waals surface area (Å²) >= 11 is 0. The Morgan fingerprint density at radius 1 is 0.880 bits per heavy atom. The summed E-state index contributed by atoms with van der Waals surface area (Å²) in [6.45, 7) is 4.52. The number of fused-ring (bicyclic) bond motifs is 1. The molecule has 1 N–H and O–H groups in total. The maximum absolute atomic E-state index is 5.51. The molecule has 0 bridgehead atoms. The molecule has 0 radical (unpaired) electrons. The van der Waals surface area contributed by atoms with Crippen LogP contribution in [0.3, 0.4) is 0 Å². The summed E-state index contributed by atoms with van der Waals surface area (Å²) in [5, 5.41) is 21.9. The summed E-state index contributed by atoms with van der Waals surface area (Å²) in [7, 11) is 0. The van der Waals surface area contributed by atoms with Crippen LogP contribution in [-0.4, -0.2) is 20.4 Å². The van der Waals surface area contributed by atoms with Gasteiger partial charge in [0.15, 0.2) is 11.5 Å². The van der Waals surface area contributed by atoms with Crippen LogP contribution in [0.15, 0.2) is 52.9 Å². The third-order valence-electron chi connectivity index (χ3n) is 3.96. The van der Waals surface area contributed by atoms with Crippen molar-refractivity contribution in [3.8, 4) is 11.6 Å². The molecule has 0 aliphatic carbocycles. The Hall–Kier alpha value is -3.28. The van der Waals surface area contributed by atoms with E-state index in [4.69, 9.17) is 4.42 Å². The highest BCUT2D eigenvalue weighted by Gasteiger charge is 2.15. The average Bonchev–Trinajstić information content (AvgIpc) is 3.06. The lowest BCUT2D eigenvalue weighted by Crippen LogP contribution is -2.04. The van der Waals surface area contributed by atoms with E-state index in [1.54, 1.807) is 6.92 Å². The van der Waals surface area contributed by atoms with Crippen molar-refractivity contribution in [2.75, 3.05) is 5.32 Å². The van der Waals surface area contributed by atoms with Gasteiger partial charge in [-0.2, -0.15) is 0 Å². The van der Waals surface area contributed by atoms with E-state index in [0.29, 0.717) is 24.0 Å². The zero-order valence-corrected chi connectivity index (χ0v) is 14.0. The topological polar surface area (TPSA) is 76.7 Å². The molecule has 124 valence electrons. The number of hydrogen-bond donors (Lipinski definition) is 1. The van der Waals surface area contributed by atoms with Crippen LogP contribution in [0.4, 0.5) is 5.82 Å². The van der Waals surface area contributed by atoms with Gasteiger partial charge in [-0.1, -0.05) is 54.1 Å². The minimum absolute atomic E-state index is 0.381. The second-order valence-electron chi connectivity index (χ2n) is 5.91. The van der Waals surface area contributed by atoms with E-state index in [1.165, 1.54) is 11.1 Å². The zero-order chi connectivity index (χ0) is 17.2. The first-order chi connectivity index (χ1) is 12.2. The normalized spacial score (nSPS) is 11.0. The molecule has 4 aromatic rings. The number of nitrogens with zero attached hydrogens (tertiary/aromatic N) is 4. The number of aromatic nitrogens is 4. The number of nitrogens with one attached hydrogen (secondary N) is 1. The van der Waals surface area contributed by atoms with Gasteiger partial charge in [0.25, 0.3) is 5.89 Å². The molecule has 0 saturated carbocycles.